The molecule has 10 nitrogen and oxygen atoms in total. The fraction of sp³-hybridized carbons (Fsp3) is 0.350. The van der Waals surface area contributed by atoms with Crippen molar-refractivity contribution in [2.45, 2.75) is 40.1 Å². The highest BCUT2D eigenvalue weighted by Gasteiger charge is 2.31. The molecule has 1 amide bonds. The molecular weight excluding hydrogens is 464 g/mol. The maximum atomic E-state index is 15.0. The Bertz CT molecular complexity index is 1290. The Morgan fingerprint density at radius 2 is 1.97 bits per heavy atom. The fourth-order valence-corrected chi connectivity index (χ4v) is 3.00. The van der Waals surface area contributed by atoms with Crippen LogP contribution in [0.2, 0.25) is 0 Å². The van der Waals surface area contributed by atoms with Gasteiger partial charge in [-0.1, -0.05) is 0 Å². The summed E-state index contributed by atoms with van der Waals surface area (Å²) in [7, 11) is 0. The molecule has 0 aliphatic heterocycles. The Morgan fingerprint density at radius 1 is 1.26 bits per heavy atom. The summed E-state index contributed by atoms with van der Waals surface area (Å²) in [5.41, 5.74) is -0.175. The molecule has 0 bridgehead atoms. The lowest BCUT2D eigenvalue weighted by Gasteiger charge is -2.14. The van der Waals surface area contributed by atoms with Gasteiger partial charge in [-0.15, -0.1) is 5.10 Å². The van der Waals surface area contributed by atoms with Gasteiger partial charge in [0.2, 0.25) is 5.88 Å². The van der Waals surface area contributed by atoms with Gasteiger partial charge < -0.3 is 15.2 Å². The zero-order chi connectivity index (χ0) is 25.2. The molecular formula is C20H20F4N6O4. The minimum Gasteiger partial charge on any atom is -0.467 e. The lowest BCUT2D eigenvalue weighted by molar-refractivity contribution is -0.154. The molecule has 0 spiro atoms. The molecule has 34 heavy (non-hydrogen) atoms. The number of nitrogens with zero attached hydrogens (tertiary/aromatic N) is 5. The number of carbonyl (C=O) groups is 1. The average molecular weight is 484 g/mol. The van der Waals surface area contributed by atoms with E-state index in [1.54, 1.807) is 33.0 Å². The highest BCUT2D eigenvalue weighted by molar-refractivity contribution is 6.06. The lowest BCUT2D eigenvalue weighted by atomic mass is 10.2. The summed E-state index contributed by atoms with van der Waals surface area (Å²) in [5.74, 6) is -4.01. The second-order valence-corrected chi connectivity index (χ2v) is 7.16. The second kappa shape index (κ2) is 9.59. The number of alkyl halides is 3. The highest BCUT2D eigenvalue weighted by atomic mass is 19.4. The molecule has 0 saturated carbocycles. The van der Waals surface area contributed by atoms with Crippen LogP contribution in [0.5, 0.6) is 5.88 Å². The number of aromatic nitrogens is 5. The van der Waals surface area contributed by atoms with Crippen LogP contribution in [0.4, 0.5) is 23.2 Å². The largest absolute Gasteiger partial charge is 0.467 e. The molecule has 0 fully saturated rings. The summed E-state index contributed by atoms with van der Waals surface area (Å²) < 4.78 is 59.5. The molecule has 0 radical (unpaired) electrons. The van der Waals surface area contributed by atoms with Crippen LogP contribution in [0.1, 0.15) is 34.4 Å². The van der Waals surface area contributed by atoms with Gasteiger partial charge in [-0.3, -0.25) is 14.3 Å². The first-order chi connectivity index (χ1) is 15.9. The Kier molecular flexibility index (Phi) is 7.00. The summed E-state index contributed by atoms with van der Waals surface area (Å²) in [6, 6.07) is 2.17. The Hall–Kier alpha value is -3.81. The van der Waals surface area contributed by atoms with Gasteiger partial charge in [0.25, 0.3) is 5.91 Å². The number of amides is 1. The van der Waals surface area contributed by atoms with Gasteiger partial charge in [0.15, 0.2) is 24.1 Å². The molecule has 3 rings (SSSR count). The van der Waals surface area contributed by atoms with Crippen LogP contribution in [0, 0.1) is 19.7 Å². The van der Waals surface area contributed by atoms with E-state index in [0.29, 0.717) is 22.0 Å². The first kappa shape index (κ1) is 24.8. The fourth-order valence-electron chi connectivity index (χ4n) is 3.00. The van der Waals surface area contributed by atoms with Gasteiger partial charge in [-0.2, -0.15) is 22.8 Å². The van der Waals surface area contributed by atoms with Crippen molar-refractivity contribution in [3.63, 3.8) is 0 Å². The molecule has 182 valence electrons. The minimum atomic E-state index is -4.79. The normalized spacial score (nSPS) is 11.5. The standard InChI is InChI=1S/C20H20F4N6O4/c1-4-29-15(8-31)28-30(19(29)33)16-13(21)6-12(18(27-16)34-9-20(22,23)24)17(32)26-14-5-10(2)7-25-11(14)3/h5-7,31H,4,8-9H2,1-3H3,(H,26,32). The monoisotopic (exact) mass is 484 g/mol. The Morgan fingerprint density at radius 3 is 2.56 bits per heavy atom. The van der Waals surface area contributed by atoms with Crippen molar-refractivity contribution >= 4 is 11.6 Å². The molecule has 3 aromatic heterocycles. The van der Waals surface area contributed by atoms with Crippen LogP contribution in [0.15, 0.2) is 23.1 Å². The Balaban J connectivity index is 2.10. The van der Waals surface area contributed by atoms with Gasteiger partial charge in [-0.05, 0) is 38.5 Å². The zero-order valence-electron chi connectivity index (χ0n) is 18.3. The van der Waals surface area contributed by atoms with Crippen LogP contribution in [-0.4, -0.2) is 48.1 Å². The molecule has 0 aliphatic rings. The number of nitrogens with one attached hydrogen (secondary N) is 1. The predicted octanol–water partition coefficient (Wildman–Crippen LogP) is 2.29. The van der Waals surface area contributed by atoms with E-state index in [4.69, 9.17) is 0 Å². The van der Waals surface area contributed by atoms with Crippen LogP contribution < -0.4 is 15.7 Å². The predicted molar refractivity (Wildman–Crippen MR) is 110 cm³/mol. The third-order valence-electron chi connectivity index (χ3n) is 4.61. The first-order valence-electron chi connectivity index (χ1n) is 9.89. The molecule has 0 unspecified atom stereocenters. The number of ether oxygens (including phenoxy) is 1. The molecule has 0 atom stereocenters. The van der Waals surface area contributed by atoms with Crippen LogP contribution >= 0.6 is 0 Å². The van der Waals surface area contributed by atoms with Gasteiger partial charge in [0, 0.05) is 12.7 Å². The first-order valence-corrected chi connectivity index (χ1v) is 9.89. The number of hydrogen-bond donors (Lipinski definition) is 2. The molecule has 2 N–H and O–H groups in total. The van der Waals surface area contributed by atoms with E-state index in [1.165, 1.54) is 0 Å². The number of rotatable bonds is 7. The number of pyridine rings is 2. The minimum absolute atomic E-state index is 0.0815. The molecule has 14 heteroatoms. The molecule has 3 aromatic rings. The zero-order valence-corrected chi connectivity index (χ0v) is 18.3. The summed E-state index contributed by atoms with van der Waals surface area (Å²) in [5, 5.41) is 15.6. The van der Waals surface area contributed by atoms with E-state index in [2.05, 4.69) is 25.1 Å². The van der Waals surface area contributed by atoms with E-state index < -0.39 is 54.1 Å². The van der Waals surface area contributed by atoms with E-state index in [1.807, 2.05) is 0 Å². The van der Waals surface area contributed by atoms with E-state index in [0.717, 1.165) is 4.57 Å². The average Bonchev–Trinajstić information content (AvgIpc) is 3.09. The number of hydrogen-bond acceptors (Lipinski definition) is 7. The Labute approximate surface area is 189 Å². The van der Waals surface area contributed by atoms with Gasteiger partial charge >= 0.3 is 11.9 Å². The van der Waals surface area contributed by atoms with Gasteiger partial charge in [-0.25, -0.2) is 9.18 Å². The van der Waals surface area contributed by atoms with Crippen molar-refractivity contribution in [2.24, 2.45) is 0 Å². The lowest BCUT2D eigenvalue weighted by Crippen LogP contribution is -2.27. The van der Waals surface area contributed by atoms with Crippen LogP contribution in [0.3, 0.4) is 0 Å². The highest BCUT2D eigenvalue weighted by Crippen LogP contribution is 2.25. The third-order valence-corrected chi connectivity index (χ3v) is 4.61. The van der Waals surface area contributed by atoms with Crippen molar-refractivity contribution in [1.82, 2.24) is 24.3 Å². The van der Waals surface area contributed by atoms with Crippen LogP contribution in [0.25, 0.3) is 5.82 Å². The van der Waals surface area contributed by atoms with Crippen LogP contribution in [-0.2, 0) is 13.2 Å². The van der Waals surface area contributed by atoms with Crippen molar-refractivity contribution in [2.75, 3.05) is 11.9 Å². The molecule has 0 aliphatic carbocycles. The van der Waals surface area contributed by atoms with E-state index >= 15 is 0 Å². The topological polar surface area (TPSA) is 124 Å². The number of aryl methyl sites for hydroxylation is 2. The number of aliphatic hydroxyl groups excluding tert-OH is 1. The summed E-state index contributed by atoms with van der Waals surface area (Å²) in [6.07, 6.45) is -3.24. The molecule has 0 aromatic carbocycles. The third kappa shape index (κ3) is 5.22. The second-order valence-electron chi connectivity index (χ2n) is 7.16. The van der Waals surface area contributed by atoms with Crippen molar-refractivity contribution < 1.29 is 32.2 Å². The summed E-state index contributed by atoms with van der Waals surface area (Å²) in [4.78, 5) is 33.1. The molecule has 3 heterocycles. The van der Waals surface area contributed by atoms with E-state index in [-0.39, 0.29) is 18.1 Å². The summed E-state index contributed by atoms with van der Waals surface area (Å²) in [6.45, 7) is 2.48. The smallest absolute Gasteiger partial charge is 0.422 e. The van der Waals surface area contributed by atoms with Crippen molar-refractivity contribution in [3.8, 4) is 11.7 Å². The molecule has 0 saturated heterocycles. The maximum absolute atomic E-state index is 15.0. The van der Waals surface area contributed by atoms with Gasteiger partial charge in [0.05, 0.1) is 11.4 Å². The van der Waals surface area contributed by atoms with Crippen molar-refractivity contribution in [1.29, 1.82) is 0 Å². The number of aliphatic hydroxyl groups is 1. The maximum Gasteiger partial charge on any atom is 0.422 e. The van der Waals surface area contributed by atoms with E-state index in [9.17, 15) is 32.3 Å². The quantitative estimate of drug-likeness (QED) is 0.493. The number of carbonyl (C=O) groups excluding carboxylic acids is 1. The number of halogens is 4. The SMILES string of the molecule is CCn1c(CO)nn(-c2nc(OCC(F)(F)F)c(C(=O)Nc3cc(C)cnc3C)cc2F)c1=O. The van der Waals surface area contributed by atoms with Crippen molar-refractivity contribution in [3.05, 3.63) is 57.3 Å². The summed E-state index contributed by atoms with van der Waals surface area (Å²) >= 11 is 0. The van der Waals surface area contributed by atoms with Gasteiger partial charge in [0.1, 0.15) is 12.2 Å². The number of anilines is 1.